The standard InChI is InChI=1S/C31H24N6O.C28H21BrN4O.C21H14ClN3O.C8H19N.C7H8BrN.C3H5BN2O2/c1-20-11-12-23(26-17-18-32-37-26)19-28(20)34-30(38)22-13-15-24(16-14-22)33-31-35-27-10-6-5-9-25(27)29(36-31)21-7-3-2-4-8-21;1-18-11-14-21(29)17-25(18)31-27(34)20-12-15-22(16-13-20)30-28-32-24-10-6-5-9-23(24)26(33-28)19-7-3-2-4-8-19;22-20(26)15-10-12-16(13-11-15)23-21-24-18-9-5-4-8-17(18)19(25-21)14-6-2-1-3-7-14;1-6-9(7(2)3)8(4)5;1-5-2-3-6(8)4-7(5)9;7-4(8)3-1-2-5-6-3/h2-19H,1H3,(H,32,37)(H,34,38)(H,33,35,36);2-17H,1H3,(H,31,34)(H,30,32,33);1-13H,(H,23,24,25);7-8H,6H2,1-5H3;2-4H,9H2,1H3;1-2,7-8H,(H,5,6). The maximum absolute atomic E-state index is 13.0. The van der Waals surface area contributed by atoms with Gasteiger partial charge in [0, 0.05) is 123 Å². The summed E-state index contributed by atoms with van der Waals surface area (Å²) in [4.78, 5) is 67.7. The minimum atomic E-state index is -1.43. The number of carbonyl (C=O) groups is 3. The lowest BCUT2D eigenvalue weighted by atomic mass is 9.87. The molecule has 0 saturated carbocycles. The second-order valence-electron chi connectivity index (χ2n) is 29.0. The van der Waals surface area contributed by atoms with Crippen LogP contribution in [0.1, 0.15) is 82.4 Å². The number of halogens is 3. The lowest BCUT2D eigenvalue weighted by Gasteiger charge is -2.28. The van der Waals surface area contributed by atoms with Gasteiger partial charge in [0.25, 0.3) is 17.1 Å². The molecule has 124 heavy (non-hydrogen) atoms. The first-order chi connectivity index (χ1) is 60.0. The van der Waals surface area contributed by atoms with Crippen LogP contribution in [-0.2, 0) is 0 Å². The number of hydrogen-bond donors (Lipinski definition) is 10. The predicted octanol–water partition coefficient (Wildman–Crippen LogP) is 22.3. The summed E-state index contributed by atoms with van der Waals surface area (Å²) in [7, 11) is -1.43. The Morgan fingerprint density at radius 2 is 0.782 bits per heavy atom. The molecular weight excluding hydrogens is 1700 g/mol. The quantitative estimate of drug-likeness (QED) is 0.0204. The molecule has 0 aliphatic rings. The number of benzene rings is 12. The summed E-state index contributed by atoms with van der Waals surface area (Å²) in [6, 6.07) is 97.7. The summed E-state index contributed by atoms with van der Waals surface area (Å²) in [6.07, 6.45) is 3.16. The van der Waals surface area contributed by atoms with Crippen LogP contribution < -0.4 is 37.9 Å². The normalized spacial score (nSPS) is 10.7. The van der Waals surface area contributed by atoms with E-state index in [2.05, 4.69) is 128 Å². The van der Waals surface area contributed by atoms with E-state index in [0.717, 1.165) is 144 Å². The van der Waals surface area contributed by atoms with Gasteiger partial charge in [-0.3, -0.25) is 29.5 Å². The number of carbonyl (C=O) groups excluding carboxylic acids is 3. The highest BCUT2D eigenvalue weighted by Gasteiger charge is 2.18. The van der Waals surface area contributed by atoms with Gasteiger partial charge in [-0.15, -0.1) is 0 Å². The van der Waals surface area contributed by atoms with Crippen LogP contribution in [0.25, 0.3) is 77.7 Å². The summed E-state index contributed by atoms with van der Waals surface area (Å²) >= 11 is 12.2. The van der Waals surface area contributed by atoms with Crippen LogP contribution in [0, 0.1) is 20.8 Å². The van der Waals surface area contributed by atoms with Crippen LogP contribution in [0.3, 0.4) is 0 Å². The number of amides is 2. The zero-order valence-electron chi connectivity index (χ0n) is 69.3. The summed E-state index contributed by atoms with van der Waals surface area (Å²) < 4.78 is 1.95. The molecule has 5 aromatic heterocycles. The smallest absolute Gasteiger partial charge is 0.422 e. The Kier molecular flexibility index (Phi) is 31.4. The van der Waals surface area contributed by atoms with Crippen LogP contribution in [0.5, 0.6) is 0 Å². The lowest BCUT2D eigenvalue weighted by molar-refractivity contribution is 0.101. The fourth-order valence-corrected chi connectivity index (χ4v) is 14.0. The van der Waals surface area contributed by atoms with E-state index in [1.54, 1.807) is 54.7 Å². The Morgan fingerprint density at radius 3 is 1.12 bits per heavy atom. The van der Waals surface area contributed by atoms with E-state index in [-0.39, 0.29) is 11.8 Å². The molecule has 0 saturated heterocycles. The number of hydrogen-bond acceptors (Lipinski definition) is 18. The molecule has 0 bridgehead atoms. The van der Waals surface area contributed by atoms with E-state index in [9.17, 15) is 14.4 Å². The largest absolute Gasteiger partial charge is 0.507 e. The zero-order chi connectivity index (χ0) is 87.6. The Morgan fingerprint density at radius 1 is 0.419 bits per heavy atom. The first-order valence-corrected chi connectivity index (χ1v) is 41.9. The number of rotatable bonds is 19. The Balaban J connectivity index is 0.000000149. The van der Waals surface area contributed by atoms with Gasteiger partial charge in [-0.05, 0) is 217 Å². The summed E-state index contributed by atoms with van der Waals surface area (Å²) in [5, 5.41) is 47.9. The van der Waals surface area contributed by atoms with E-state index in [0.29, 0.717) is 52.2 Å². The number of para-hydroxylation sites is 3. The van der Waals surface area contributed by atoms with Crippen molar-refractivity contribution in [3.8, 4) is 45.0 Å². The van der Waals surface area contributed by atoms with Crippen molar-refractivity contribution in [3.63, 3.8) is 0 Å². The number of aryl methyl sites for hydroxylation is 3. The summed E-state index contributed by atoms with van der Waals surface area (Å²) in [6.45, 7) is 18.2. The number of fused-ring (bicyclic) bond motifs is 3. The maximum Gasteiger partial charge on any atom is 0.507 e. The third-order valence-electron chi connectivity index (χ3n) is 19.6. The minimum absolute atomic E-state index is 0.166. The summed E-state index contributed by atoms with van der Waals surface area (Å²) in [5.74, 6) is 1.13. The number of aromatic amines is 2. The van der Waals surface area contributed by atoms with Crippen molar-refractivity contribution >= 4 is 158 Å². The van der Waals surface area contributed by atoms with Gasteiger partial charge >= 0.3 is 7.12 Å². The number of nitrogens with two attached hydrogens (primary N) is 1. The molecule has 0 radical (unpaired) electrons. The second-order valence-corrected chi connectivity index (χ2v) is 31.2. The SMILES string of the molecule is CCN(C(C)C)C(C)C.Cc1ccc(-c2ccn[nH]2)cc1NC(=O)c1ccc(Nc2nc(-c3ccccc3)c3ccccc3n2)cc1.Cc1ccc(Br)cc1N.Cc1ccc(Br)cc1NC(=O)c1ccc(Nc2nc(-c3ccccc3)c3ccccc3n2)cc1.O=C(Cl)c1ccc(Nc2nc(-c3ccccc3)c3ccccc3n2)cc1.OB(O)c1ccn[nH]1. The molecule has 22 nitrogen and oxygen atoms in total. The van der Waals surface area contributed by atoms with E-state index in [1.165, 1.54) is 12.3 Å². The zero-order valence-corrected chi connectivity index (χ0v) is 73.2. The predicted molar refractivity (Wildman–Crippen MR) is 512 cm³/mol. The minimum Gasteiger partial charge on any atom is -0.422 e. The molecule has 26 heteroatoms. The highest BCUT2D eigenvalue weighted by molar-refractivity contribution is 9.10. The fraction of sp³-hybridized carbons (Fsp3) is 0.112. The number of nitrogens with one attached hydrogen (secondary N) is 7. The Hall–Kier alpha value is -13.9. The molecule has 17 aromatic rings. The monoisotopic (exact) mass is 1790 g/mol. The van der Waals surface area contributed by atoms with Gasteiger partial charge in [-0.25, -0.2) is 29.9 Å². The fourth-order valence-electron chi connectivity index (χ4n) is 13.1. The number of nitrogens with zero attached hydrogens (tertiary/aromatic N) is 9. The molecular formula is C98H91BBr2ClN17O5. The Bertz CT molecular complexity index is 6400. The van der Waals surface area contributed by atoms with Crippen molar-refractivity contribution in [2.75, 3.05) is 38.9 Å². The van der Waals surface area contributed by atoms with Crippen molar-refractivity contribution in [2.24, 2.45) is 0 Å². The molecule has 0 spiro atoms. The highest BCUT2D eigenvalue weighted by atomic mass is 79.9. The number of nitrogen functional groups attached to an aromatic ring is 1. The number of aromatic nitrogens is 10. The van der Waals surface area contributed by atoms with Crippen LogP contribution in [0.4, 0.5) is 52.0 Å². The molecule has 0 aliphatic heterocycles. The van der Waals surface area contributed by atoms with Crippen LogP contribution in [0.15, 0.2) is 325 Å². The van der Waals surface area contributed by atoms with Crippen molar-refractivity contribution in [3.05, 3.63) is 358 Å². The first-order valence-electron chi connectivity index (χ1n) is 39.9. The molecule has 0 atom stereocenters. The molecule has 2 amide bonds. The van der Waals surface area contributed by atoms with Crippen molar-refractivity contribution in [2.45, 2.75) is 67.5 Å². The third kappa shape index (κ3) is 24.7. The average Bonchev–Trinajstić information content (AvgIpc) is 0.851. The van der Waals surface area contributed by atoms with Crippen molar-refractivity contribution in [1.82, 2.24) is 55.2 Å². The third-order valence-corrected chi connectivity index (χ3v) is 20.8. The van der Waals surface area contributed by atoms with Crippen molar-refractivity contribution < 1.29 is 24.4 Å². The highest BCUT2D eigenvalue weighted by Crippen LogP contribution is 2.34. The van der Waals surface area contributed by atoms with E-state index in [4.69, 9.17) is 47.3 Å². The van der Waals surface area contributed by atoms with Gasteiger partial charge in [0.15, 0.2) is 0 Å². The van der Waals surface area contributed by atoms with Crippen LogP contribution in [0.2, 0.25) is 0 Å². The summed E-state index contributed by atoms with van der Waals surface area (Å²) in [5.41, 5.74) is 25.4. The molecule has 11 N–H and O–H groups in total. The molecule has 12 aromatic carbocycles. The maximum atomic E-state index is 13.0. The van der Waals surface area contributed by atoms with Gasteiger partial charge in [-0.1, -0.05) is 209 Å². The molecule has 622 valence electrons. The van der Waals surface area contributed by atoms with Gasteiger partial charge in [-0.2, -0.15) is 10.2 Å². The van der Waals surface area contributed by atoms with Gasteiger partial charge in [0.2, 0.25) is 17.8 Å². The number of anilines is 9. The average molecular weight is 1790 g/mol. The van der Waals surface area contributed by atoms with Crippen LogP contribution in [-0.4, -0.2) is 108 Å². The molecule has 0 fully saturated rings. The van der Waals surface area contributed by atoms with Gasteiger partial charge < -0.3 is 42.4 Å². The topological polar surface area (TPSA) is 316 Å². The lowest BCUT2D eigenvalue weighted by Crippen LogP contribution is -2.36. The van der Waals surface area contributed by atoms with Crippen LogP contribution >= 0.6 is 43.5 Å². The van der Waals surface area contributed by atoms with Gasteiger partial charge in [0.1, 0.15) is 0 Å². The molecule has 0 unspecified atom stereocenters. The number of H-pyrrole nitrogens is 2. The van der Waals surface area contributed by atoms with Crippen molar-refractivity contribution in [1.29, 1.82) is 0 Å². The van der Waals surface area contributed by atoms with Gasteiger partial charge in [0.05, 0.1) is 44.9 Å². The second kappa shape index (κ2) is 43.5. The first kappa shape index (κ1) is 89.3. The molecule has 5 heterocycles. The van der Waals surface area contributed by atoms with E-state index >= 15 is 0 Å². The molecule has 0 aliphatic carbocycles. The van der Waals surface area contributed by atoms with E-state index in [1.807, 2.05) is 269 Å². The molecule has 17 rings (SSSR count). The van der Waals surface area contributed by atoms with E-state index < -0.39 is 12.4 Å². The Labute approximate surface area is 741 Å².